The number of nitrogens with one attached hydrogen (secondary N) is 1. The first-order valence-corrected chi connectivity index (χ1v) is 4.69. The molecule has 0 amide bonds. The summed E-state index contributed by atoms with van der Waals surface area (Å²) in [6.45, 7) is 0. The average Bonchev–Trinajstić information content (AvgIpc) is 2.25. The van der Waals surface area contributed by atoms with Crippen LogP contribution in [0.25, 0.3) is 17.0 Å². The van der Waals surface area contributed by atoms with Crippen molar-refractivity contribution in [3.05, 3.63) is 52.3 Å². The molecule has 0 aliphatic heterocycles. The molecule has 0 aliphatic carbocycles. The van der Waals surface area contributed by atoms with Crippen LogP contribution >= 0.6 is 0 Å². The minimum atomic E-state index is -0.998. The first-order valence-electron chi connectivity index (χ1n) is 4.69. The molecule has 0 atom stereocenters. The predicted molar refractivity (Wildman–Crippen MR) is 61.2 cm³/mol. The lowest BCUT2D eigenvalue weighted by molar-refractivity contribution is -0.131. The van der Waals surface area contributed by atoms with Crippen LogP contribution in [0.3, 0.4) is 0 Å². The Hall–Kier alpha value is -2.36. The summed E-state index contributed by atoms with van der Waals surface area (Å²) in [5.41, 5.74) is 1.25. The van der Waals surface area contributed by atoms with Crippen molar-refractivity contribution < 1.29 is 9.90 Å². The van der Waals surface area contributed by atoms with Gasteiger partial charge < -0.3 is 10.1 Å². The molecular weight excluding hydrogens is 206 g/mol. The summed E-state index contributed by atoms with van der Waals surface area (Å²) in [6.07, 6.45) is 2.54. The zero-order valence-corrected chi connectivity index (χ0v) is 8.31. The molecule has 1 aromatic heterocycles. The summed E-state index contributed by atoms with van der Waals surface area (Å²) in [5, 5.41) is 9.40. The molecule has 0 saturated heterocycles. The second-order valence-corrected chi connectivity index (χ2v) is 3.34. The molecule has 1 heterocycles. The van der Waals surface area contributed by atoms with E-state index in [9.17, 15) is 9.59 Å². The topological polar surface area (TPSA) is 70.2 Å². The Labute approximate surface area is 90.9 Å². The molecular formula is C12H9NO3. The van der Waals surface area contributed by atoms with Crippen LogP contribution in [0.1, 0.15) is 5.56 Å². The highest BCUT2D eigenvalue weighted by atomic mass is 16.4. The van der Waals surface area contributed by atoms with E-state index in [1.165, 1.54) is 12.1 Å². The number of H-pyrrole nitrogens is 1. The summed E-state index contributed by atoms with van der Waals surface area (Å²) in [7, 11) is 0. The van der Waals surface area contributed by atoms with Gasteiger partial charge in [0.25, 0.3) is 0 Å². The van der Waals surface area contributed by atoms with Gasteiger partial charge in [0.05, 0.1) is 0 Å². The van der Waals surface area contributed by atoms with Crippen LogP contribution in [0.2, 0.25) is 0 Å². The smallest absolute Gasteiger partial charge is 0.328 e. The number of benzene rings is 1. The van der Waals surface area contributed by atoms with Gasteiger partial charge in [0.1, 0.15) is 0 Å². The number of hydrogen-bond donors (Lipinski definition) is 2. The first kappa shape index (κ1) is 10.2. The second kappa shape index (κ2) is 4.02. The van der Waals surface area contributed by atoms with Gasteiger partial charge in [0.2, 0.25) is 5.56 Å². The van der Waals surface area contributed by atoms with Gasteiger partial charge in [-0.15, -0.1) is 0 Å². The lowest BCUT2D eigenvalue weighted by Crippen LogP contribution is -2.02. The third-order valence-electron chi connectivity index (χ3n) is 2.17. The molecule has 2 rings (SSSR count). The van der Waals surface area contributed by atoms with Crippen LogP contribution in [-0.4, -0.2) is 16.1 Å². The fourth-order valence-electron chi connectivity index (χ4n) is 1.44. The van der Waals surface area contributed by atoms with Crippen molar-refractivity contribution in [3.63, 3.8) is 0 Å². The SMILES string of the molecule is O=C(O)/C=C/c1ccc2ccc(=O)[nH]c2c1. The van der Waals surface area contributed by atoms with Gasteiger partial charge in [0.15, 0.2) is 0 Å². The van der Waals surface area contributed by atoms with Crippen molar-refractivity contribution >= 4 is 22.9 Å². The fraction of sp³-hybridized carbons (Fsp3) is 0. The maximum absolute atomic E-state index is 11.1. The van der Waals surface area contributed by atoms with Gasteiger partial charge in [-0.2, -0.15) is 0 Å². The third-order valence-corrected chi connectivity index (χ3v) is 2.17. The lowest BCUT2D eigenvalue weighted by Gasteiger charge is -1.98. The van der Waals surface area contributed by atoms with E-state index in [0.717, 1.165) is 17.0 Å². The van der Waals surface area contributed by atoms with Gasteiger partial charge in [-0.1, -0.05) is 12.1 Å². The quantitative estimate of drug-likeness (QED) is 0.748. The number of fused-ring (bicyclic) bond motifs is 1. The van der Waals surface area contributed by atoms with Crippen molar-refractivity contribution in [2.24, 2.45) is 0 Å². The zero-order valence-electron chi connectivity index (χ0n) is 8.31. The van der Waals surface area contributed by atoms with E-state index in [-0.39, 0.29) is 5.56 Å². The number of carbonyl (C=O) groups is 1. The van der Waals surface area contributed by atoms with Crippen molar-refractivity contribution in [1.82, 2.24) is 4.98 Å². The maximum atomic E-state index is 11.1. The third kappa shape index (κ3) is 2.17. The number of carboxylic acids is 1. The highest BCUT2D eigenvalue weighted by Crippen LogP contribution is 2.12. The van der Waals surface area contributed by atoms with Crippen molar-refractivity contribution in [2.75, 3.05) is 0 Å². The highest BCUT2D eigenvalue weighted by molar-refractivity contribution is 5.87. The number of hydrogen-bond acceptors (Lipinski definition) is 2. The van der Waals surface area contributed by atoms with Crippen molar-refractivity contribution in [2.45, 2.75) is 0 Å². The molecule has 0 aliphatic rings. The maximum Gasteiger partial charge on any atom is 0.328 e. The standard InChI is InChI=1S/C12H9NO3/c14-11-5-4-9-3-1-8(2-6-12(15)16)7-10(9)13-11/h1-7H,(H,13,14)(H,15,16)/b6-2+. The van der Waals surface area contributed by atoms with E-state index in [0.29, 0.717) is 5.52 Å². The van der Waals surface area contributed by atoms with Crippen LogP contribution < -0.4 is 5.56 Å². The Morgan fingerprint density at radius 2 is 2.00 bits per heavy atom. The first-order chi connectivity index (χ1) is 7.65. The number of aromatic amines is 1. The summed E-state index contributed by atoms with van der Waals surface area (Å²) in [5.74, 6) is -0.998. The van der Waals surface area contributed by atoms with E-state index < -0.39 is 5.97 Å². The van der Waals surface area contributed by atoms with Crippen LogP contribution in [-0.2, 0) is 4.79 Å². The zero-order chi connectivity index (χ0) is 11.5. The van der Waals surface area contributed by atoms with Crippen LogP contribution in [0, 0.1) is 0 Å². The molecule has 0 fully saturated rings. The minimum absolute atomic E-state index is 0.174. The minimum Gasteiger partial charge on any atom is -0.478 e. The van der Waals surface area contributed by atoms with Crippen molar-refractivity contribution in [3.8, 4) is 0 Å². The Morgan fingerprint density at radius 1 is 1.25 bits per heavy atom. The Balaban J connectivity index is 2.50. The molecule has 0 saturated carbocycles. The summed E-state index contributed by atoms with van der Waals surface area (Å²) in [4.78, 5) is 24.1. The van der Waals surface area contributed by atoms with E-state index in [1.807, 2.05) is 6.07 Å². The van der Waals surface area contributed by atoms with Crippen molar-refractivity contribution in [1.29, 1.82) is 0 Å². The predicted octanol–water partition coefficient (Wildman–Crippen LogP) is 1.63. The average molecular weight is 215 g/mol. The molecule has 4 heteroatoms. The summed E-state index contributed by atoms with van der Waals surface area (Å²) < 4.78 is 0. The van der Waals surface area contributed by atoms with Gasteiger partial charge in [-0.3, -0.25) is 4.79 Å². The molecule has 0 radical (unpaired) electrons. The summed E-state index contributed by atoms with van der Waals surface area (Å²) >= 11 is 0. The molecule has 16 heavy (non-hydrogen) atoms. The van der Waals surface area contributed by atoms with Gasteiger partial charge in [0, 0.05) is 17.7 Å². The van der Waals surface area contributed by atoms with Crippen LogP contribution in [0.4, 0.5) is 0 Å². The van der Waals surface area contributed by atoms with Gasteiger partial charge in [-0.05, 0) is 29.2 Å². The molecule has 0 bridgehead atoms. The molecule has 0 unspecified atom stereocenters. The van der Waals surface area contributed by atoms with Gasteiger partial charge >= 0.3 is 5.97 Å². The Kier molecular flexibility index (Phi) is 2.55. The van der Waals surface area contributed by atoms with E-state index in [2.05, 4.69) is 4.98 Å². The van der Waals surface area contributed by atoms with E-state index in [1.54, 1.807) is 18.2 Å². The molecule has 80 valence electrons. The largest absolute Gasteiger partial charge is 0.478 e. The molecule has 1 aromatic carbocycles. The molecule has 4 nitrogen and oxygen atoms in total. The van der Waals surface area contributed by atoms with Crippen LogP contribution in [0.15, 0.2) is 41.2 Å². The lowest BCUT2D eigenvalue weighted by atomic mass is 10.1. The monoisotopic (exact) mass is 215 g/mol. The second-order valence-electron chi connectivity index (χ2n) is 3.34. The Morgan fingerprint density at radius 3 is 2.75 bits per heavy atom. The van der Waals surface area contributed by atoms with Crippen LogP contribution in [0.5, 0.6) is 0 Å². The Bertz CT molecular complexity index is 625. The molecule has 2 N–H and O–H groups in total. The highest BCUT2D eigenvalue weighted by Gasteiger charge is 1.95. The van der Waals surface area contributed by atoms with E-state index in [4.69, 9.17) is 5.11 Å². The number of rotatable bonds is 2. The van der Waals surface area contributed by atoms with Gasteiger partial charge in [-0.25, -0.2) is 4.79 Å². The molecule has 0 spiro atoms. The van der Waals surface area contributed by atoms with E-state index >= 15 is 0 Å². The molecule has 2 aromatic rings. The normalized spacial score (nSPS) is 11.0. The number of aliphatic carboxylic acids is 1. The fourth-order valence-corrected chi connectivity index (χ4v) is 1.44. The summed E-state index contributed by atoms with van der Waals surface area (Å²) in [6, 6.07) is 8.52. The number of pyridine rings is 1. The number of aromatic nitrogens is 1. The number of carboxylic acid groups (broad SMARTS) is 1.